The molecular formula is C10H11NO. The number of hydrogen-bond acceptors (Lipinski definition) is 2. The van der Waals surface area contributed by atoms with Gasteiger partial charge in [0.05, 0.1) is 7.11 Å². The van der Waals surface area contributed by atoms with Crippen LogP contribution in [0.15, 0.2) is 12.1 Å². The van der Waals surface area contributed by atoms with E-state index < -0.39 is 0 Å². The maximum atomic E-state index is 5.09. The lowest BCUT2D eigenvalue weighted by molar-refractivity contribution is 0.411. The normalized spacial score (nSPS) is 8.58. The standard InChI is InChI=1S/C10H11NO/c1-4-5-9-10(12-3)7-6-8(2)11-9/h6-7H,1-3H3. The zero-order valence-corrected chi connectivity index (χ0v) is 7.51. The van der Waals surface area contributed by atoms with Gasteiger partial charge in [0.25, 0.3) is 0 Å². The number of aryl methyl sites for hydroxylation is 1. The Morgan fingerprint density at radius 1 is 1.42 bits per heavy atom. The second-order valence-electron chi connectivity index (χ2n) is 2.38. The molecule has 0 aromatic carbocycles. The van der Waals surface area contributed by atoms with Gasteiger partial charge in [-0.05, 0) is 31.9 Å². The lowest BCUT2D eigenvalue weighted by Gasteiger charge is -2.01. The van der Waals surface area contributed by atoms with E-state index >= 15 is 0 Å². The fourth-order valence-electron chi connectivity index (χ4n) is 0.917. The Kier molecular flexibility index (Phi) is 2.71. The van der Waals surface area contributed by atoms with Crippen molar-refractivity contribution in [3.63, 3.8) is 0 Å². The number of methoxy groups -OCH3 is 1. The molecular weight excluding hydrogens is 150 g/mol. The number of nitrogens with zero attached hydrogens (tertiary/aromatic N) is 1. The van der Waals surface area contributed by atoms with Crippen LogP contribution in [-0.4, -0.2) is 12.1 Å². The molecule has 0 unspecified atom stereocenters. The summed E-state index contributed by atoms with van der Waals surface area (Å²) in [5, 5.41) is 0. The Hall–Kier alpha value is -1.49. The predicted molar refractivity (Wildman–Crippen MR) is 48.1 cm³/mol. The smallest absolute Gasteiger partial charge is 0.155 e. The van der Waals surface area contributed by atoms with Gasteiger partial charge < -0.3 is 4.74 Å². The summed E-state index contributed by atoms with van der Waals surface area (Å²) in [6, 6.07) is 3.78. The molecule has 2 nitrogen and oxygen atoms in total. The zero-order valence-electron chi connectivity index (χ0n) is 7.51. The lowest BCUT2D eigenvalue weighted by Crippen LogP contribution is -1.92. The van der Waals surface area contributed by atoms with E-state index in [1.807, 2.05) is 19.1 Å². The van der Waals surface area contributed by atoms with E-state index in [0.29, 0.717) is 5.69 Å². The van der Waals surface area contributed by atoms with Crippen LogP contribution in [0.2, 0.25) is 0 Å². The van der Waals surface area contributed by atoms with E-state index in [-0.39, 0.29) is 0 Å². The first-order valence-corrected chi connectivity index (χ1v) is 3.72. The highest BCUT2D eigenvalue weighted by Gasteiger charge is 1.99. The third-order valence-corrected chi connectivity index (χ3v) is 1.46. The number of aromatic nitrogens is 1. The maximum Gasteiger partial charge on any atom is 0.155 e. The average molecular weight is 161 g/mol. The average Bonchev–Trinajstić information content (AvgIpc) is 2.05. The van der Waals surface area contributed by atoms with Crippen LogP contribution in [0.4, 0.5) is 0 Å². The van der Waals surface area contributed by atoms with Crippen molar-refractivity contribution in [3.8, 4) is 17.6 Å². The summed E-state index contributed by atoms with van der Waals surface area (Å²) in [5.74, 6) is 6.41. The summed E-state index contributed by atoms with van der Waals surface area (Å²) in [4.78, 5) is 4.24. The maximum absolute atomic E-state index is 5.09. The Bertz CT molecular complexity index is 333. The van der Waals surface area contributed by atoms with Gasteiger partial charge in [-0.3, -0.25) is 0 Å². The second kappa shape index (κ2) is 3.77. The molecule has 1 aromatic heterocycles. The molecule has 0 saturated carbocycles. The van der Waals surface area contributed by atoms with Gasteiger partial charge in [-0.2, -0.15) is 0 Å². The van der Waals surface area contributed by atoms with Crippen LogP contribution in [0.5, 0.6) is 5.75 Å². The second-order valence-corrected chi connectivity index (χ2v) is 2.38. The Labute approximate surface area is 72.6 Å². The Morgan fingerprint density at radius 3 is 2.75 bits per heavy atom. The highest BCUT2D eigenvalue weighted by molar-refractivity contribution is 5.41. The predicted octanol–water partition coefficient (Wildman–Crippen LogP) is 1.77. The number of hydrogen-bond donors (Lipinski definition) is 0. The molecule has 0 aliphatic heterocycles. The van der Waals surface area contributed by atoms with Gasteiger partial charge in [-0.25, -0.2) is 4.98 Å². The van der Waals surface area contributed by atoms with E-state index in [2.05, 4.69) is 16.8 Å². The number of rotatable bonds is 1. The summed E-state index contributed by atoms with van der Waals surface area (Å²) in [6.45, 7) is 3.71. The minimum Gasteiger partial charge on any atom is -0.494 e. The van der Waals surface area contributed by atoms with Crippen LogP contribution < -0.4 is 4.74 Å². The SMILES string of the molecule is CC#Cc1nc(C)ccc1OC. The molecule has 12 heavy (non-hydrogen) atoms. The van der Waals surface area contributed by atoms with Crippen LogP contribution in [0.3, 0.4) is 0 Å². The lowest BCUT2D eigenvalue weighted by atomic mass is 10.3. The molecule has 1 rings (SSSR count). The summed E-state index contributed by atoms with van der Waals surface area (Å²) in [6.07, 6.45) is 0. The van der Waals surface area contributed by atoms with Crippen LogP contribution in [0.1, 0.15) is 18.3 Å². The number of pyridine rings is 1. The van der Waals surface area contributed by atoms with Gasteiger partial charge in [-0.1, -0.05) is 5.92 Å². The highest BCUT2D eigenvalue weighted by atomic mass is 16.5. The van der Waals surface area contributed by atoms with Crippen molar-refractivity contribution in [2.75, 3.05) is 7.11 Å². The molecule has 0 aliphatic rings. The molecule has 0 saturated heterocycles. The monoisotopic (exact) mass is 161 g/mol. The first-order chi connectivity index (χ1) is 5.77. The molecule has 0 amide bonds. The highest BCUT2D eigenvalue weighted by Crippen LogP contribution is 2.14. The molecule has 0 bridgehead atoms. The van der Waals surface area contributed by atoms with Crippen LogP contribution in [-0.2, 0) is 0 Å². The van der Waals surface area contributed by atoms with E-state index in [0.717, 1.165) is 11.4 Å². The van der Waals surface area contributed by atoms with E-state index in [9.17, 15) is 0 Å². The molecule has 1 heterocycles. The molecule has 0 fully saturated rings. The fourth-order valence-corrected chi connectivity index (χ4v) is 0.917. The molecule has 2 heteroatoms. The summed E-state index contributed by atoms with van der Waals surface area (Å²) >= 11 is 0. The van der Waals surface area contributed by atoms with Crippen molar-refractivity contribution in [3.05, 3.63) is 23.5 Å². The van der Waals surface area contributed by atoms with Gasteiger partial charge in [0.1, 0.15) is 0 Å². The largest absolute Gasteiger partial charge is 0.494 e. The van der Waals surface area contributed by atoms with Crippen molar-refractivity contribution in [2.45, 2.75) is 13.8 Å². The molecule has 0 radical (unpaired) electrons. The summed E-state index contributed by atoms with van der Waals surface area (Å²) in [5.41, 5.74) is 1.66. The Balaban J connectivity index is 3.18. The zero-order chi connectivity index (χ0) is 8.97. The van der Waals surface area contributed by atoms with Crippen molar-refractivity contribution < 1.29 is 4.74 Å². The van der Waals surface area contributed by atoms with Gasteiger partial charge in [0, 0.05) is 5.69 Å². The first kappa shape index (κ1) is 8.61. The van der Waals surface area contributed by atoms with Gasteiger partial charge >= 0.3 is 0 Å². The van der Waals surface area contributed by atoms with Crippen molar-refractivity contribution >= 4 is 0 Å². The molecule has 0 atom stereocenters. The molecule has 0 N–H and O–H groups in total. The van der Waals surface area contributed by atoms with Crippen LogP contribution in [0.25, 0.3) is 0 Å². The number of ether oxygens (including phenoxy) is 1. The molecule has 62 valence electrons. The van der Waals surface area contributed by atoms with E-state index in [4.69, 9.17) is 4.74 Å². The van der Waals surface area contributed by atoms with Crippen LogP contribution in [0, 0.1) is 18.8 Å². The minimum absolute atomic E-state index is 0.708. The topological polar surface area (TPSA) is 22.1 Å². The minimum atomic E-state index is 0.708. The summed E-state index contributed by atoms with van der Waals surface area (Å²) < 4.78 is 5.09. The summed E-state index contributed by atoms with van der Waals surface area (Å²) in [7, 11) is 1.62. The van der Waals surface area contributed by atoms with Gasteiger partial charge in [0.2, 0.25) is 0 Å². The fraction of sp³-hybridized carbons (Fsp3) is 0.300. The van der Waals surface area contributed by atoms with Crippen molar-refractivity contribution in [1.29, 1.82) is 0 Å². The molecule has 0 aliphatic carbocycles. The van der Waals surface area contributed by atoms with Gasteiger partial charge in [-0.15, -0.1) is 0 Å². The first-order valence-electron chi connectivity index (χ1n) is 3.72. The van der Waals surface area contributed by atoms with Crippen molar-refractivity contribution in [1.82, 2.24) is 4.98 Å². The quantitative estimate of drug-likeness (QED) is 0.585. The Morgan fingerprint density at radius 2 is 2.17 bits per heavy atom. The third kappa shape index (κ3) is 1.76. The van der Waals surface area contributed by atoms with E-state index in [1.54, 1.807) is 14.0 Å². The molecule has 0 spiro atoms. The van der Waals surface area contributed by atoms with Crippen molar-refractivity contribution in [2.24, 2.45) is 0 Å². The van der Waals surface area contributed by atoms with Gasteiger partial charge in [0.15, 0.2) is 11.4 Å². The third-order valence-electron chi connectivity index (χ3n) is 1.46. The van der Waals surface area contributed by atoms with Crippen LogP contribution >= 0.6 is 0 Å². The van der Waals surface area contributed by atoms with E-state index in [1.165, 1.54) is 0 Å². The molecule has 1 aromatic rings.